The molecule has 3 aromatic rings. The highest BCUT2D eigenvalue weighted by Crippen LogP contribution is 2.32. The summed E-state index contributed by atoms with van der Waals surface area (Å²) in [5.41, 5.74) is 4.94. The Morgan fingerprint density at radius 3 is 2.73 bits per heavy atom. The van der Waals surface area contributed by atoms with Gasteiger partial charge in [-0.2, -0.15) is 0 Å². The summed E-state index contributed by atoms with van der Waals surface area (Å²) in [6.45, 7) is 3.11. The lowest BCUT2D eigenvalue weighted by atomic mass is 10.2. The zero-order valence-electron chi connectivity index (χ0n) is 19.1. The molecule has 4 heterocycles. The van der Waals surface area contributed by atoms with Crippen molar-refractivity contribution in [2.24, 2.45) is 0 Å². The summed E-state index contributed by atoms with van der Waals surface area (Å²) < 4.78 is 11.0. The molecule has 0 unspecified atom stereocenters. The maximum absolute atomic E-state index is 5.56. The average Bonchev–Trinajstić information content (AvgIpc) is 3.10. The number of rotatable bonds is 5. The molecular weight excluding hydrogens is 434 g/mol. The standard InChI is InChI=1S/C24H25N7OS/c1-16-28-21-22(29(2)3)26-14-27-23(21)30(16)13-17-9-10-20-19(12-17)31(15-32-4)18-8-6-5-7-11-25-24(18)33-20/h5-12,14H,13,15H2,1-4H3. The van der Waals surface area contributed by atoms with Crippen LogP contribution in [0.4, 0.5) is 5.82 Å². The summed E-state index contributed by atoms with van der Waals surface area (Å²) in [4.78, 5) is 20.3. The SMILES string of the molecule is COCn1c2cccccnc-2sc2ccc(Cn3c(C)nc4c(N(C)C)ncnc43)cc21. The largest absolute Gasteiger partial charge is 0.364 e. The van der Waals surface area contributed by atoms with Gasteiger partial charge in [0.05, 0.1) is 22.5 Å². The first-order chi connectivity index (χ1) is 16.1. The third-order valence-corrected chi connectivity index (χ3v) is 6.58. The fraction of sp³-hybridized carbons (Fsp3) is 0.250. The number of hydrogen-bond donors (Lipinski definition) is 0. The minimum Gasteiger partial charge on any atom is -0.364 e. The summed E-state index contributed by atoms with van der Waals surface area (Å²) in [6, 6.07) is 14.6. The van der Waals surface area contributed by atoms with Crippen LogP contribution in [0, 0.1) is 6.92 Å². The van der Waals surface area contributed by atoms with Crippen molar-refractivity contribution in [1.29, 1.82) is 0 Å². The number of aromatic nitrogens is 6. The van der Waals surface area contributed by atoms with E-state index in [9.17, 15) is 0 Å². The van der Waals surface area contributed by atoms with E-state index in [0.717, 1.165) is 49.3 Å². The number of hydrogen-bond acceptors (Lipinski definition) is 7. The zero-order valence-corrected chi connectivity index (χ0v) is 19.9. The Kier molecular flexibility index (Phi) is 5.65. The Balaban J connectivity index is 1.67. The van der Waals surface area contributed by atoms with Crippen molar-refractivity contribution in [2.45, 2.75) is 20.2 Å². The Labute approximate surface area is 195 Å². The number of ether oxygens (including phenoxy) is 1. The summed E-state index contributed by atoms with van der Waals surface area (Å²) in [6.07, 6.45) is 3.43. The number of imidazole rings is 1. The lowest BCUT2D eigenvalue weighted by molar-refractivity contribution is 0.135. The normalized spacial score (nSPS) is 11.4. The molecule has 2 aliphatic heterocycles. The van der Waals surface area contributed by atoms with Crippen LogP contribution in [0.2, 0.25) is 0 Å². The smallest absolute Gasteiger partial charge is 0.165 e. The van der Waals surface area contributed by atoms with E-state index in [1.165, 1.54) is 0 Å². The molecule has 33 heavy (non-hydrogen) atoms. The van der Waals surface area contributed by atoms with Gasteiger partial charge >= 0.3 is 0 Å². The summed E-state index contributed by atoms with van der Waals surface area (Å²) >= 11 is 1.67. The van der Waals surface area contributed by atoms with E-state index >= 15 is 0 Å². The first-order valence-electron chi connectivity index (χ1n) is 10.6. The molecule has 2 aliphatic rings. The van der Waals surface area contributed by atoms with E-state index in [0.29, 0.717) is 13.3 Å². The van der Waals surface area contributed by atoms with Gasteiger partial charge in [-0.25, -0.2) is 19.9 Å². The Morgan fingerprint density at radius 1 is 1.03 bits per heavy atom. The van der Waals surface area contributed by atoms with Crippen molar-refractivity contribution in [3.8, 4) is 10.7 Å². The molecule has 0 saturated heterocycles. The highest BCUT2D eigenvalue weighted by molar-refractivity contribution is 7.21. The molecule has 0 saturated carbocycles. The predicted octanol–water partition coefficient (Wildman–Crippen LogP) is 4.49. The molecule has 9 heteroatoms. The number of anilines is 1. The van der Waals surface area contributed by atoms with E-state index in [4.69, 9.17) is 9.72 Å². The second-order valence-corrected chi connectivity index (χ2v) is 9.00. The van der Waals surface area contributed by atoms with Crippen molar-refractivity contribution < 1.29 is 4.74 Å². The van der Waals surface area contributed by atoms with Crippen molar-refractivity contribution in [1.82, 2.24) is 29.1 Å². The molecule has 2 aromatic heterocycles. The lowest BCUT2D eigenvalue weighted by Gasteiger charge is -2.17. The number of aryl methyl sites for hydroxylation is 1. The minimum absolute atomic E-state index is 0.436. The molecule has 0 bridgehead atoms. The van der Waals surface area contributed by atoms with Crippen LogP contribution in [0.25, 0.3) is 32.1 Å². The van der Waals surface area contributed by atoms with Gasteiger partial charge in [0.1, 0.15) is 23.9 Å². The summed E-state index contributed by atoms with van der Waals surface area (Å²) in [7, 11) is 5.65. The van der Waals surface area contributed by atoms with Crippen LogP contribution in [0.1, 0.15) is 11.4 Å². The molecule has 1 aromatic carbocycles. The minimum atomic E-state index is 0.436. The van der Waals surface area contributed by atoms with Gasteiger partial charge in [-0.3, -0.25) is 0 Å². The Hall–Kier alpha value is -3.56. The van der Waals surface area contributed by atoms with Crippen LogP contribution in [0.5, 0.6) is 0 Å². The Morgan fingerprint density at radius 2 is 1.91 bits per heavy atom. The van der Waals surface area contributed by atoms with Gasteiger partial charge in [0.25, 0.3) is 0 Å². The highest BCUT2D eigenvalue weighted by Gasteiger charge is 2.16. The van der Waals surface area contributed by atoms with Gasteiger partial charge < -0.3 is 18.8 Å². The molecule has 0 spiro atoms. The maximum atomic E-state index is 5.56. The first kappa shape index (κ1) is 21.3. The molecule has 168 valence electrons. The molecule has 0 amide bonds. The van der Waals surface area contributed by atoms with Crippen molar-refractivity contribution >= 4 is 38.5 Å². The fourth-order valence-corrected chi connectivity index (χ4v) is 5.00. The van der Waals surface area contributed by atoms with E-state index in [2.05, 4.69) is 48.4 Å². The average molecular weight is 460 g/mol. The van der Waals surface area contributed by atoms with Crippen LogP contribution in [0.3, 0.4) is 0 Å². The molecule has 8 nitrogen and oxygen atoms in total. The maximum Gasteiger partial charge on any atom is 0.165 e. The van der Waals surface area contributed by atoms with Crippen LogP contribution in [-0.2, 0) is 18.0 Å². The molecule has 0 fully saturated rings. The fourth-order valence-electron chi connectivity index (χ4n) is 3.99. The molecule has 0 radical (unpaired) electrons. The van der Waals surface area contributed by atoms with Crippen LogP contribution >= 0.6 is 11.3 Å². The van der Waals surface area contributed by atoms with Crippen LogP contribution < -0.4 is 4.90 Å². The van der Waals surface area contributed by atoms with E-state index in [1.54, 1.807) is 24.8 Å². The topological polar surface area (TPSA) is 73.9 Å². The Bertz CT molecular complexity index is 1460. The van der Waals surface area contributed by atoms with Gasteiger partial charge in [-0.05, 0) is 36.8 Å². The van der Waals surface area contributed by atoms with Gasteiger partial charge in [0.15, 0.2) is 17.0 Å². The lowest BCUT2D eigenvalue weighted by Crippen LogP contribution is -2.11. The number of methoxy groups -OCH3 is 1. The monoisotopic (exact) mass is 459 g/mol. The van der Waals surface area contributed by atoms with Crippen LogP contribution in [0.15, 0.2) is 55.0 Å². The first-order valence-corrected chi connectivity index (χ1v) is 11.4. The van der Waals surface area contributed by atoms with Crippen molar-refractivity contribution in [3.63, 3.8) is 0 Å². The van der Waals surface area contributed by atoms with Gasteiger partial charge in [0, 0.05) is 27.4 Å². The number of fused-ring (bicyclic) bond motifs is 3. The van der Waals surface area contributed by atoms with Gasteiger partial charge in [0.2, 0.25) is 0 Å². The molecule has 0 N–H and O–H groups in total. The van der Waals surface area contributed by atoms with E-state index in [1.807, 2.05) is 50.3 Å². The van der Waals surface area contributed by atoms with Gasteiger partial charge in [-0.1, -0.05) is 18.2 Å². The number of nitrogens with zero attached hydrogens (tertiary/aromatic N) is 7. The van der Waals surface area contributed by atoms with E-state index < -0.39 is 0 Å². The third-order valence-electron chi connectivity index (χ3n) is 5.51. The van der Waals surface area contributed by atoms with Crippen LogP contribution in [-0.4, -0.2) is 50.3 Å². The highest BCUT2D eigenvalue weighted by atomic mass is 32.1. The second-order valence-electron chi connectivity index (χ2n) is 7.97. The summed E-state index contributed by atoms with van der Waals surface area (Å²) in [5, 5.41) is 0.956. The van der Waals surface area contributed by atoms with E-state index in [-0.39, 0.29) is 0 Å². The molecule has 0 atom stereocenters. The number of benzene rings is 1. The molecular formula is C24H25N7OS. The van der Waals surface area contributed by atoms with Gasteiger partial charge in [-0.15, -0.1) is 11.3 Å². The predicted molar refractivity (Wildman–Crippen MR) is 132 cm³/mol. The molecule has 0 aliphatic carbocycles. The van der Waals surface area contributed by atoms with Crippen molar-refractivity contribution in [3.05, 3.63) is 66.4 Å². The zero-order chi connectivity index (χ0) is 22.9. The second kappa shape index (κ2) is 8.76. The summed E-state index contributed by atoms with van der Waals surface area (Å²) in [5.74, 6) is 1.73. The quantitative estimate of drug-likeness (QED) is 0.385. The third kappa shape index (κ3) is 3.90. The molecule has 5 rings (SSSR count). The van der Waals surface area contributed by atoms with Crippen molar-refractivity contribution in [2.75, 3.05) is 26.1 Å².